The maximum Gasteiger partial charge on any atom is 0.227 e. The molecule has 0 N–H and O–H groups in total. The van der Waals surface area contributed by atoms with Crippen LogP contribution in [0.2, 0.25) is 0 Å². The maximum absolute atomic E-state index is 12.5. The molecular weight excluding hydrogens is 262 g/mol. The number of benzene rings is 1. The number of hydrogen-bond donors (Lipinski definition) is 0. The standard InChI is InChI=1S/C17H19N3O/c1-12-4-2-3-5-13(12)8-16(21)20-10-14-9-19-7-6-18-17(19)15(14)11-20/h2-7,14-15H,8-11H2,1H3/t14-,15+/m1/s1. The molecule has 108 valence electrons. The summed E-state index contributed by atoms with van der Waals surface area (Å²) in [4.78, 5) is 19.0. The predicted octanol–water partition coefficient (Wildman–Crippen LogP) is 1.99. The molecule has 1 aromatic heterocycles. The molecule has 0 unspecified atom stereocenters. The molecule has 4 rings (SSSR count). The molecule has 3 heterocycles. The zero-order chi connectivity index (χ0) is 14.4. The van der Waals surface area contributed by atoms with E-state index in [9.17, 15) is 4.79 Å². The van der Waals surface area contributed by atoms with Gasteiger partial charge in [-0.1, -0.05) is 24.3 Å². The molecule has 1 saturated heterocycles. The lowest BCUT2D eigenvalue weighted by molar-refractivity contribution is -0.129. The summed E-state index contributed by atoms with van der Waals surface area (Å²) in [6.45, 7) is 4.78. The SMILES string of the molecule is Cc1ccccc1CC(=O)N1C[C@H]2Cn3ccnc3[C@H]2C1. The highest BCUT2D eigenvalue weighted by Crippen LogP contribution is 2.38. The first kappa shape index (κ1) is 12.6. The third kappa shape index (κ3) is 2.06. The van der Waals surface area contributed by atoms with Crippen LogP contribution in [-0.4, -0.2) is 33.4 Å². The summed E-state index contributed by atoms with van der Waals surface area (Å²) in [7, 11) is 0. The van der Waals surface area contributed by atoms with E-state index in [0.29, 0.717) is 18.3 Å². The van der Waals surface area contributed by atoms with Crippen LogP contribution in [0, 0.1) is 12.8 Å². The molecule has 2 aliphatic rings. The Balaban J connectivity index is 1.47. The Labute approximate surface area is 124 Å². The Morgan fingerprint density at radius 2 is 2.14 bits per heavy atom. The molecule has 4 nitrogen and oxygen atoms in total. The molecule has 0 radical (unpaired) electrons. The van der Waals surface area contributed by atoms with Gasteiger partial charge in [0.25, 0.3) is 0 Å². The van der Waals surface area contributed by atoms with Crippen molar-refractivity contribution in [3.8, 4) is 0 Å². The van der Waals surface area contributed by atoms with Gasteiger partial charge in [0.2, 0.25) is 5.91 Å². The van der Waals surface area contributed by atoms with Gasteiger partial charge in [0.05, 0.1) is 6.42 Å². The van der Waals surface area contributed by atoms with Crippen LogP contribution >= 0.6 is 0 Å². The van der Waals surface area contributed by atoms with Gasteiger partial charge in [0.1, 0.15) is 5.82 Å². The van der Waals surface area contributed by atoms with E-state index in [1.54, 1.807) is 0 Å². The topological polar surface area (TPSA) is 38.1 Å². The lowest BCUT2D eigenvalue weighted by Crippen LogP contribution is -2.31. The Kier molecular flexibility index (Phi) is 2.84. The Morgan fingerprint density at radius 1 is 1.29 bits per heavy atom. The first-order valence-electron chi connectivity index (χ1n) is 7.55. The molecule has 2 atom stereocenters. The number of carbonyl (C=O) groups excluding carboxylic acids is 1. The molecule has 21 heavy (non-hydrogen) atoms. The van der Waals surface area contributed by atoms with E-state index >= 15 is 0 Å². The van der Waals surface area contributed by atoms with Gasteiger partial charge < -0.3 is 9.47 Å². The van der Waals surface area contributed by atoms with E-state index in [1.165, 1.54) is 5.56 Å². The zero-order valence-electron chi connectivity index (χ0n) is 12.2. The average molecular weight is 281 g/mol. The Bertz CT molecular complexity index is 691. The Hall–Kier alpha value is -2.10. The first-order valence-corrected chi connectivity index (χ1v) is 7.55. The second-order valence-corrected chi connectivity index (χ2v) is 6.21. The largest absolute Gasteiger partial charge is 0.341 e. The van der Waals surface area contributed by atoms with Gasteiger partial charge in [-0.05, 0) is 18.1 Å². The molecule has 1 fully saturated rings. The molecule has 2 aromatic rings. The fraction of sp³-hybridized carbons (Fsp3) is 0.412. The number of hydrogen-bond acceptors (Lipinski definition) is 2. The third-order valence-electron chi connectivity index (χ3n) is 4.91. The number of aryl methyl sites for hydroxylation is 1. The molecule has 1 amide bonds. The summed E-state index contributed by atoms with van der Waals surface area (Å²) >= 11 is 0. The number of aromatic nitrogens is 2. The maximum atomic E-state index is 12.5. The predicted molar refractivity (Wildman–Crippen MR) is 79.9 cm³/mol. The van der Waals surface area contributed by atoms with E-state index < -0.39 is 0 Å². The quantitative estimate of drug-likeness (QED) is 0.844. The third-order valence-corrected chi connectivity index (χ3v) is 4.91. The highest BCUT2D eigenvalue weighted by atomic mass is 16.2. The van der Waals surface area contributed by atoms with Crippen molar-refractivity contribution < 1.29 is 4.79 Å². The van der Waals surface area contributed by atoms with E-state index in [4.69, 9.17) is 0 Å². The van der Waals surface area contributed by atoms with Crippen LogP contribution in [0.15, 0.2) is 36.7 Å². The van der Waals surface area contributed by atoms with Crippen molar-refractivity contribution in [2.45, 2.75) is 25.8 Å². The van der Waals surface area contributed by atoms with Crippen molar-refractivity contribution in [1.29, 1.82) is 0 Å². The summed E-state index contributed by atoms with van der Waals surface area (Å²) < 4.78 is 2.23. The van der Waals surface area contributed by atoms with Crippen molar-refractivity contribution in [1.82, 2.24) is 14.5 Å². The normalized spacial score (nSPS) is 23.2. The molecule has 4 heteroatoms. The number of carbonyl (C=O) groups is 1. The zero-order valence-corrected chi connectivity index (χ0v) is 12.2. The van der Waals surface area contributed by atoms with Crippen LogP contribution < -0.4 is 0 Å². The number of amides is 1. The second kappa shape index (κ2) is 4.72. The molecule has 0 bridgehead atoms. The summed E-state index contributed by atoms with van der Waals surface area (Å²) in [5.74, 6) is 2.39. The minimum absolute atomic E-state index is 0.247. The van der Waals surface area contributed by atoms with Gasteiger partial charge in [-0.2, -0.15) is 0 Å². The van der Waals surface area contributed by atoms with Crippen LogP contribution in [0.5, 0.6) is 0 Å². The second-order valence-electron chi connectivity index (χ2n) is 6.21. The molecule has 1 aromatic carbocycles. The molecule has 0 aliphatic carbocycles. The number of imidazole rings is 1. The van der Waals surface area contributed by atoms with Crippen LogP contribution in [0.3, 0.4) is 0 Å². The molecule has 0 saturated carbocycles. The average Bonchev–Trinajstić information content (AvgIpc) is 3.12. The van der Waals surface area contributed by atoms with Crippen molar-refractivity contribution in [3.05, 3.63) is 53.6 Å². The van der Waals surface area contributed by atoms with Crippen LogP contribution in [0.1, 0.15) is 22.9 Å². The highest BCUT2D eigenvalue weighted by molar-refractivity contribution is 5.79. The summed E-state index contributed by atoms with van der Waals surface area (Å²) in [6, 6.07) is 8.14. The van der Waals surface area contributed by atoms with Gasteiger partial charge in [-0.15, -0.1) is 0 Å². The number of rotatable bonds is 2. The van der Waals surface area contributed by atoms with Crippen LogP contribution in [0.4, 0.5) is 0 Å². The van der Waals surface area contributed by atoms with Gasteiger partial charge >= 0.3 is 0 Å². The lowest BCUT2D eigenvalue weighted by atomic mass is 9.99. The summed E-state index contributed by atoms with van der Waals surface area (Å²) in [5.41, 5.74) is 2.34. The summed E-state index contributed by atoms with van der Waals surface area (Å²) in [6.07, 6.45) is 4.43. The van der Waals surface area contributed by atoms with Crippen molar-refractivity contribution in [3.63, 3.8) is 0 Å². The molecular formula is C17H19N3O. The molecule has 0 spiro atoms. The summed E-state index contributed by atoms with van der Waals surface area (Å²) in [5, 5.41) is 0. The highest BCUT2D eigenvalue weighted by Gasteiger charge is 2.42. The monoisotopic (exact) mass is 281 g/mol. The fourth-order valence-corrected chi connectivity index (χ4v) is 3.69. The minimum Gasteiger partial charge on any atom is -0.341 e. The smallest absolute Gasteiger partial charge is 0.227 e. The van der Waals surface area contributed by atoms with E-state index in [-0.39, 0.29) is 5.91 Å². The lowest BCUT2D eigenvalue weighted by Gasteiger charge is -2.18. The first-order chi connectivity index (χ1) is 10.2. The van der Waals surface area contributed by atoms with Crippen molar-refractivity contribution in [2.24, 2.45) is 5.92 Å². The number of likely N-dealkylation sites (tertiary alicyclic amines) is 1. The number of fused-ring (bicyclic) bond motifs is 3. The Morgan fingerprint density at radius 3 is 3.00 bits per heavy atom. The van der Waals surface area contributed by atoms with Gasteiger partial charge in [-0.25, -0.2) is 4.98 Å². The van der Waals surface area contributed by atoms with Gasteiger partial charge in [-0.3, -0.25) is 4.79 Å². The molecule has 2 aliphatic heterocycles. The van der Waals surface area contributed by atoms with Gasteiger partial charge in [0.15, 0.2) is 0 Å². The fourth-order valence-electron chi connectivity index (χ4n) is 3.69. The minimum atomic E-state index is 0.247. The number of nitrogens with zero attached hydrogens (tertiary/aromatic N) is 3. The van der Waals surface area contributed by atoms with Crippen molar-refractivity contribution in [2.75, 3.05) is 13.1 Å². The van der Waals surface area contributed by atoms with E-state index in [1.807, 2.05) is 29.4 Å². The van der Waals surface area contributed by atoms with Crippen LogP contribution in [-0.2, 0) is 17.8 Å². The van der Waals surface area contributed by atoms with E-state index in [2.05, 4.69) is 28.6 Å². The van der Waals surface area contributed by atoms with Crippen LogP contribution in [0.25, 0.3) is 0 Å². The van der Waals surface area contributed by atoms with Gasteiger partial charge in [0, 0.05) is 43.9 Å². The van der Waals surface area contributed by atoms with E-state index in [0.717, 1.165) is 31.0 Å². The van der Waals surface area contributed by atoms with Crippen molar-refractivity contribution >= 4 is 5.91 Å².